The van der Waals surface area contributed by atoms with Gasteiger partial charge in [0, 0.05) is 60.4 Å². The lowest BCUT2D eigenvalue weighted by atomic mass is 9.61. The number of aliphatic hydroxyl groups is 2. The van der Waals surface area contributed by atoms with Crippen molar-refractivity contribution in [3.05, 3.63) is 82.5 Å². The summed E-state index contributed by atoms with van der Waals surface area (Å²) >= 11 is 0. The van der Waals surface area contributed by atoms with Crippen LogP contribution in [0.5, 0.6) is 11.5 Å². The summed E-state index contributed by atoms with van der Waals surface area (Å²) in [6.45, 7) is 2.53. The van der Waals surface area contributed by atoms with Crippen molar-refractivity contribution in [2.45, 2.75) is 70.6 Å². The number of aromatic nitrogens is 1. The van der Waals surface area contributed by atoms with E-state index in [0.717, 1.165) is 41.7 Å². The predicted octanol–water partition coefficient (Wildman–Crippen LogP) is 4.34. The van der Waals surface area contributed by atoms with Gasteiger partial charge >= 0.3 is 0 Å². The summed E-state index contributed by atoms with van der Waals surface area (Å²) < 4.78 is 5.58. The van der Waals surface area contributed by atoms with Crippen LogP contribution >= 0.6 is 0 Å². The predicted molar refractivity (Wildman–Crippen MR) is 170 cm³/mol. The Morgan fingerprint density at radius 2 is 1.98 bits per heavy atom. The van der Waals surface area contributed by atoms with Gasteiger partial charge in [0.2, 0.25) is 0 Å². The molecule has 238 valence electrons. The SMILES string of the molecule is CCCC(CO)CCCC(=O)CC(=O)CCc1cc(OC)c(O)c(C2C3=CCNC(N)=C3C=CC2(CO)Cc2ccc[nH]2)c1. The van der Waals surface area contributed by atoms with E-state index in [0.29, 0.717) is 43.6 Å². The first-order valence-corrected chi connectivity index (χ1v) is 15.7. The maximum Gasteiger partial charge on any atom is 0.161 e. The van der Waals surface area contributed by atoms with Crippen molar-refractivity contribution in [3.8, 4) is 11.5 Å². The summed E-state index contributed by atoms with van der Waals surface area (Å²) in [5.41, 5.74) is 9.58. The number of benzene rings is 1. The number of aromatic amines is 1. The standard InChI is InChI=1S/C35H47N3O6/c1-3-6-23(21-39)7-4-9-26(41)19-27(42)11-10-24-17-30(33(43)31(18-24)44-2)32-28-13-16-38-34(36)29(28)12-14-35(32,22-40)20-25-8-5-15-37-25/h5,8,12-15,17-18,23,32,37-40,43H,3-4,6-7,9-11,16,19-22,36H2,1-2H3. The first kappa shape index (κ1) is 33.1. The molecule has 1 aromatic heterocycles. The van der Waals surface area contributed by atoms with Gasteiger partial charge in [-0.1, -0.05) is 37.6 Å². The number of allylic oxidation sites excluding steroid dienone is 3. The Hall–Kier alpha value is -3.82. The van der Waals surface area contributed by atoms with Crippen LogP contribution in [0.2, 0.25) is 0 Å². The monoisotopic (exact) mass is 605 g/mol. The number of carbonyl (C=O) groups is 2. The molecule has 2 heterocycles. The smallest absolute Gasteiger partial charge is 0.161 e. The van der Waals surface area contributed by atoms with Crippen LogP contribution in [0, 0.1) is 11.3 Å². The molecule has 1 aliphatic carbocycles. The van der Waals surface area contributed by atoms with Crippen LogP contribution < -0.4 is 15.8 Å². The van der Waals surface area contributed by atoms with E-state index >= 15 is 0 Å². The molecular formula is C35H47N3O6. The average molecular weight is 606 g/mol. The Bertz CT molecular complexity index is 1390. The number of aryl methyl sites for hydroxylation is 1. The number of phenols is 1. The zero-order valence-electron chi connectivity index (χ0n) is 25.9. The fourth-order valence-electron chi connectivity index (χ4n) is 6.63. The zero-order chi connectivity index (χ0) is 31.7. The van der Waals surface area contributed by atoms with Crippen LogP contribution in [0.1, 0.15) is 74.6 Å². The van der Waals surface area contributed by atoms with Gasteiger partial charge in [-0.05, 0) is 67.4 Å². The van der Waals surface area contributed by atoms with Gasteiger partial charge in [-0.15, -0.1) is 0 Å². The molecule has 3 atom stereocenters. The van der Waals surface area contributed by atoms with Gasteiger partial charge < -0.3 is 36.1 Å². The van der Waals surface area contributed by atoms with Crippen LogP contribution in [0.15, 0.2) is 65.7 Å². The molecule has 1 aliphatic heterocycles. The number of H-pyrrole nitrogens is 1. The molecule has 0 amide bonds. The van der Waals surface area contributed by atoms with Gasteiger partial charge in [0.1, 0.15) is 17.4 Å². The average Bonchev–Trinajstić information content (AvgIpc) is 3.53. The lowest BCUT2D eigenvalue weighted by Gasteiger charge is -2.43. The highest BCUT2D eigenvalue weighted by Gasteiger charge is 2.45. The number of fused-ring (bicyclic) bond motifs is 1. The fraction of sp³-hybridized carbons (Fsp3) is 0.486. The van der Waals surface area contributed by atoms with Crippen molar-refractivity contribution in [2.75, 3.05) is 26.9 Å². The van der Waals surface area contributed by atoms with Crippen molar-refractivity contribution in [1.29, 1.82) is 0 Å². The van der Waals surface area contributed by atoms with E-state index in [9.17, 15) is 24.9 Å². The summed E-state index contributed by atoms with van der Waals surface area (Å²) in [7, 11) is 1.49. The Morgan fingerprint density at radius 1 is 1.18 bits per heavy atom. The van der Waals surface area contributed by atoms with Crippen molar-refractivity contribution in [3.63, 3.8) is 0 Å². The van der Waals surface area contributed by atoms with Gasteiger partial charge in [0.05, 0.1) is 20.1 Å². The van der Waals surface area contributed by atoms with Crippen molar-refractivity contribution >= 4 is 11.6 Å². The van der Waals surface area contributed by atoms with E-state index in [1.165, 1.54) is 7.11 Å². The molecular weight excluding hydrogens is 558 g/mol. The molecule has 2 aromatic rings. The van der Waals surface area contributed by atoms with E-state index in [-0.39, 0.29) is 55.0 Å². The Kier molecular flexibility index (Phi) is 11.5. The number of aromatic hydroxyl groups is 1. The van der Waals surface area contributed by atoms with Gasteiger partial charge in [-0.3, -0.25) is 9.59 Å². The molecule has 1 aromatic carbocycles. The van der Waals surface area contributed by atoms with E-state index < -0.39 is 11.3 Å². The van der Waals surface area contributed by atoms with E-state index in [1.807, 2.05) is 42.6 Å². The topological polar surface area (TPSA) is 158 Å². The molecule has 0 spiro atoms. The summed E-state index contributed by atoms with van der Waals surface area (Å²) in [6.07, 6.45) is 12.4. The van der Waals surface area contributed by atoms with Crippen molar-refractivity contribution in [1.82, 2.24) is 10.3 Å². The largest absolute Gasteiger partial charge is 0.504 e. The quantitative estimate of drug-likeness (QED) is 0.145. The van der Waals surface area contributed by atoms with Gasteiger partial charge in [0.15, 0.2) is 11.5 Å². The fourth-order valence-corrected chi connectivity index (χ4v) is 6.63. The number of aliphatic hydroxyl groups excluding tert-OH is 2. The maximum absolute atomic E-state index is 12.8. The Morgan fingerprint density at radius 3 is 2.66 bits per heavy atom. The molecule has 9 nitrogen and oxygen atoms in total. The number of rotatable bonds is 17. The number of methoxy groups -OCH3 is 1. The van der Waals surface area contributed by atoms with Crippen LogP contribution in [-0.4, -0.2) is 58.7 Å². The van der Waals surface area contributed by atoms with Crippen LogP contribution in [0.4, 0.5) is 0 Å². The third kappa shape index (κ3) is 7.63. The number of phenolic OH excluding ortho intramolecular Hbond substituents is 1. The lowest BCUT2D eigenvalue weighted by Crippen LogP contribution is -2.40. The molecule has 0 radical (unpaired) electrons. The van der Waals surface area contributed by atoms with E-state index in [1.54, 1.807) is 6.07 Å². The minimum absolute atomic E-state index is 0.0241. The summed E-state index contributed by atoms with van der Waals surface area (Å²) in [5, 5.41) is 35.1. The molecule has 0 saturated carbocycles. The highest BCUT2D eigenvalue weighted by atomic mass is 16.5. The zero-order valence-corrected chi connectivity index (χ0v) is 25.9. The van der Waals surface area contributed by atoms with E-state index in [4.69, 9.17) is 10.5 Å². The number of carbonyl (C=O) groups excluding carboxylic acids is 2. The molecule has 0 bridgehead atoms. The summed E-state index contributed by atoms with van der Waals surface area (Å²) in [4.78, 5) is 28.6. The third-order valence-corrected chi connectivity index (χ3v) is 8.96. The second-order valence-corrected chi connectivity index (χ2v) is 12.1. The normalized spacial score (nSPS) is 20.1. The molecule has 44 heavy (non-hydrogen) atoms. The minimum Gasteiger partial charge on any atom is -0.504 e. The van der Waals surface area contributed by atoms with Crippen molar-refractivity contribution < 1.29 is 29.6 Å². The van der Waals surface area contributed by atoms with Gasteiger partial charge in [-0.25, -0.2) is 0 Å². The number of dihydropyridines is 1. The third-order valence-electron chi connectivity index (χ3n) is 8.96. The molecule has 4 rings (SSSR count). The first-order chi connectivity index (χ1) is 21.2. The molecule has 3 unspecified atom stereocenters. The number of ketones is 2. The molecule has 2 aliphatic rings. The highest BCUT2D eigenvalue weighted by molar-refractivity contribution is 5.99. The number of nitrogens with two attached hydrogens (primary N) is 1. The van der Waals surface area contributed by atoms with E-state index in [2.05, 4.69) is 17.2 Å². The number of Topliss-reactive ketones (excluding diaryl/α,β-unsaturated/α-hetero) is 2. The Labute approximate surface area is 259 Å². The van der Waals surface area contributed by atoms with Crippen LogP contribution in [0.3, 0.4) is 0 Å². The Balaban J connectivity index is 1.57. The molecule has 7 N–H and O–H groups in total. The highest BCUT2D eigenvalue weighted by Crippen LogP contribution is 2.54. The van der Waals surface area contributed by atoms with Crippen molar-refractivity contribution in [2.24, 2.45) is 17.1 Å². The van der Waals surface area contributed by atoms with Crippen LogP contribution in [-0.2, 0) is 22.4 Å². The second-order valence-electron chi connectivity index (χ2n) is 12.1. The first-order valence-electron chi connectivity index (χ1n) is 15.7. The number of hydrogen-bond donors (Lipinski definition) is 6. The minimum atomic E-state index is -0.798. The summed E-state index contributed by atoms with van der Waals surface area (Å²) in [5.74, 6) is 0.325. The maximum atomic E-state index is 12.8. The molecule has 0 fully saturated rings. The number of nitrogens with one attached hydrogen (secondary N) is 2. The van der Waals surface area contributed by atoms with Gasteiger partial charge in [0.25, 0.3) is 0 Å². The number of hydrogen-bond acceptors (Lipinski definition) is 8. The second kappa shape index (κ2) is 15.3. The van der Waals surface area contributed by atoms with Crippen LogP contribution in [0.25, 0.3) is 0 Å². The lowest BCUT2D eigenvalue weighted by molar-refractivity contribution is -0.127. The number of ether oxygens (including phenoxy) is 1. The molecule has 9 heteroatoms. The summed E-state index contributed by atoms with van der Waals surface area (Å²) in [6, 6.07) is 7.49. The van der Waals surface area contributed by atoms with Gasteiger partial charge in [-0.2, -0.15) is 0 Å². The molecule has 0 saturated heterocycles.